The summed E-state index contributed by atoms with van der Waals surface area (Å²) in [6, 6.07) is 7.05. The molecule has 1 aliphatic heterocycles. The average molecular weight is 331 g/mol. The fraction of sp³-hybridized carbons (Fsp3) is 0.500. The Morgan fingerprint density at radius 3 is 2.42 bits per heavy atom. The molecule has 2 rings (SSSR count). The second kappa shape index (κ2) is 7.03. The fourth-order valence-corrected chi connectivity index (χ4v) is 2.58. The molecule has 1 aliphatic rings. The molecule has 130 valence electrons. The van der Waals surface area contributed by atoms with Crippen LogP contribution in [0.3, 0.4) is 0 Å². The van der Waals surface area contributed by atoms with Crippen molar-refractivity contribution in [1.82, 2.24) is 5.32 Å². The van der Waals surface area contributed by atoms with Crippen molar-refractivity contribution in [2.45, 2.75) is 46.1 Å². The minimum atomic E-state index is -0.335. The molecule has 24 heavy (non-hydrogen) atoms. The van der Waals surface area contributed by atoms with Crippen LogP contribution in [0.15, 0.2) is 24.3 Å². The smallest absolute Gasteiger partial charge is 0.227 e. The first-order valence-electron chi connectivity index (χ1n) is 8.22. The number of carbonyl (C=O) groups is 3. The maximum atomic E-state index is 12.4. The Morgan fingerprint density at radius 1 is 1.25 bits per heavy atom. The lowest BCUT2D eigenvalue weighted by Gasteiger charge is -2.26. The summed E-state index contributed by atoms with van der Waals surface area (Å²) in [6.45, 7) is 7.78. The summed E-state index contributed by atoms with van der Waals surface area (Å²) in [6.07, 6.45) is 1.05. The second-order valence-electron chi connectivity index (χ2n) is 6.86. The summed E-state index contributed by atoms with van der Waals surface area (Å²) < 4.78 is 0. The van der Waals surface area contributed by atoms with Crippen molar-refractivity contribution < 1.29 is 14.4 Å². The number of carbonyl (C=O) groups excluding carboxylic acids is 3. The molecule has 1 aromatic rings. The van der Waals surface area contributed by atoms with Crippen LogP contribution in [0.1, 0.15) is 40.5 Å². The average Bonchev–Trinajstić information content (AvgIpc) is 2.89. The number of hydrogen-bond donors (Lipinski definition) is 2. The van der Waals surface area contributed by atoms with Gasteiger partial charge in [-0.2, -0.15) is 0 Å². The molecule has 6 heteroatoms. The van der Waals surface area contributed by atoms with Gasteiger partial charge in [0.1, 0.15) is 0 Å². The highest BCUT2D eigenvalue weighted by Gasteiger charge is 2.36. The van der Waals surface area contributed by atoms with Gasteiger partial charge in [0.2, 0.25) is 17.7 Å². The van der Waals surface area contributed by atoms with E-state index in [2.05, 4.69) is 10.6 Å². The Kier molecular flexibility index (Phi) is 5.26. The number of amides is 3. The number of anilines is 2. The van der Waals surface area contributed by atoms with Gasteiger partial charge >= 0.3 is 0 Å². The maximum Gasteiger partial charge on any atom is 0.227 e. The van der Waals surface area contributed by atoms with Crippen LogP contribution in [0.25, 0.3) is 0 Å². The van der Waals surface area contributed by atoms with Gasteiger partial charge in [0.05, 0.1) is 5.92 Å². The normalized spacial score (nSPS) is 17.8. The zero-order valence-corrected chi connectivity index (χ0v) is 14.7. The van der Waals surface area contributed by atoms with Crippen molar-refractivity contribution in [3.05, 3.63) is 24.3 Å². The van der Waals surface area contributed by atoms with Crippen molar-refractivity contribution in [3.63, 3.8) is 0 Å². The van der Waals surface area contributed by atoms with E-state index in [9.17, 15) is 14.4 Å². The third-order valence-corrected chi connectivity index (χ3v) is 4.34. The van der Waals surface area contributed by atoms with Crippen molar-refractivity contribution in [3.8, 4) is 0 Å². The number of nitrogens with zero attached hydrogens (tertiary/aromatic N) is 1. The van der Waals surface area contributed by atoms with E-state index in [1.54, 1.807) is 29.2 Å². The van der Waals surface area contributed by atoms with Gasteiger partial charge < -0.3 is 15.5 Å². The standard InChI is InChI=1S/C18H25N3O3/c1-5-18(3,4)20-17(24)13-10-16(23)21(11-13)15-8-6-14(7-9-15)19-12(2)22/h6-9,13H,5,10-11H2,1-4H3,(H,19,22)(H,20,24). The van der Waals surface area contributed by atoms with Crippen LogP contribution in [0.2, 0.25) is 0 Å². The molecule has 1 fully saturated rings. The van der Waals surface area contributed by atoms with Gasteiger partial charge in [-0.05, 0) is 44.5 Å². The topological polar surface area (TPSA) is 78.5 Å². The van der Waals surface area contributed by atoms with Gasteiger partial charge in [0, 0.05) is 36.8 Å². The summed E-state index contributed by atoms with van der Waals surface area (Å²) in [5, 5.41) is 5.69. The Balaban J connectivity index is 2.04. The number of nitrogens with one attached hydrogen (secondary N) is 2. The van der Waals surface area contributed by atoms with Gasteiger partial charge in [-0.1, -0.05) is 6.92 Å². The fourth-order valence-electron chi connectivity index (χ4n) is 2.58. The lowest BCUT2D eigenvalue weighted by atomic mass is 9.99. The molecule has 0 radical (unpaired) electrons. The van der Waals surface area contributed by atoms with Crippen LogP contribution in [0.4, 0.5) is 11.4 Å². The number of benzene rings is 1. The molecule has 3 amide bonds. The lowest BCUT2D eigenvalue weighted by molar-refractivity contribution is -0.127. The zero-order chi connectivity index (χ0) is 17.9. The third kappa shape index (κ3) is 4.34. The Hall–Kier alpha value is -2.37. The molecule has 0 spiro atoms. The third-order valence-electron chi connectivity index (χ3n) is 4.34. The maximum absolute atomic E-state index is 12.4. The van der Waals surface area contributed by atoms with E-state index in [0.29, 0.717) is 12.2 Å². The van der Waals surface area contributed by atoms with Crippen LogP contribution in [-0.2, 0) is 14.4 Å². The van der Waals surface area contributed by atoms with Gasteiger partial charge in [-0.3, -0.25) is 14.4 Å². The van der Waals surface area contributed by atoms with Crippen molar-refractivity contribution >= 4 is 29.1 Å². The SMILES string of the molecule is CCC(C)(C)NC(=O)C1CC(=O)N(c2ccc(NC(C)=O)cc2)C1. The van der Waals surface area contributed by atoms with Gasteiger partial charge in [-0.25, -0.2) is 0 Å². The van der Waals surface area contributed by atoms with E-state index in [0.717, 1.165) is 12.1 Å². The van der Waals surface area contributed by atoms with Gasteiger partial charge in [0.25, 0.3) is 0 Å². The molecule has 2 N–H and O–H groups in total. The van der Waals surface area contributed by atoms with Crippen LogP contribution >= 0.6 is 0 Å². The van der Waals surface area contributed by atoms with Crippen LogP contribution < -0.4 is 15.5 Å². The predicted octanol–water partition coefficient (Wildman–Crippen LogP) is 2.30. The van der Waals surface area contributed by atoms with E-state index in [4.69, 9.17) is 0 Å². The summed E-state index contributed by atoms with van der Waals surface area (Å²) in [4.78, 5) is 37.3. The highest BCUT2D eigenvalue weighted by molar-refractivity contribution is 6.00. The minimum Gasteiger partial charge on any atom is -0.351 e. The molecule has 1 saturated heterocycles. The summed E-state index contributed by atoms with van der Waals surface area (Å²) in [5.41, 5.74) is 1.14. The quantitative estimate of drug-likeness (QED) is 0.869. The molecule has 1 aromatic carbocycles. The van der Waals surface area contributed by atoms with E-state index in [-0.39, 0.29) is 35.6 Å². The van der Waals surface area contributed by atoms with E-state index in [1.165, 1.54) is 6.92 Å². The number of hydrogen-bond acceptors (Lipinski definition) is 3. The van der Waals surface area contributed by atoms with Crippen LogP contribution in [-0.4, -0.2) is 29.8 Å². The second-order valence-corrected chi connectivity index (χ2v) is 6.86. The molecular weight excluding hydrogens is 306 g/mol. The van der Waals surface area contributed by atoms with Crippen molar-refractivity contribution in [2.75, 3.05) is 16.8 Å². The highest BCUT2D eigenvalue weighted by atomic mass is 16.2. The molecule has 0 saturated carbocycles. The molecule has 0 aliphatic carbocycles. The van der Waals surface area contributed by atoms with Gasteiger partial charge in [-0.15, -0.1) is 0 Å². The van der Waals surface area contributed by atoms with Crippen LogP contribution in [0.5, 0.6) is 0 Å². The Labute approximate surface area is 142 Å². The Bertz CT molecular complexity index is 637. The predicted molar refractivity (Wildman–Crippen MR) is 93.7 cm³/mol. The Morgan fingerprint density at radius 2 is 1.88 bits per heavy atom. The summed E-state index contributed by atoms with van der Waals surface area (Å²) in [5.74, 6) is -0.613. The van der Waals surface area contributed by atoms with Crippen molar-refractivity contribution in [2.24, 2.45) is 5.92 Å². The highest BCUT2D eigenvalue weighted by Crippen LogP contribution is 2.27. The first kappa shape index (κ1) is 18.0. The monoisotopic (exact) mass is 331 g/mol. The molecule has 0 aromatic heterocycles. The minimum absolute atomic E-state index is 0.0586. The van der Waals surface area contributed by atoms with Crippen LogP contribution in [0, 0.1) is 5.92 Å². The molecule has 1 heterocycles. The zero-order valence-electron chi connectivity index (χ0n) is 14.7. The first-order chi connectivity index (χ1) is 11.2. The first-order valence-corrected chi connectivity index (χ1v) is 8.22. The van der Waals surface area contributed by atoms with E-state index in [1.807, 2.05) is 20.8 Å². The van der Waals surface area contributed by atoms with Crippen molar-refractivity contribution in [1.29, 1.82) is 0 Å². The van der Waals surface area contributed by atoms with Gasteiger partial charge in [0.15, 0.2) is 0 Å². The molecular formula is C18H25N3O3. The lowest BCUT2D eigenvalue weighted by Crippen LogP contribution is -2.46. The molecule has 6 nitrogen and oxygen atoms in total. The number of rotatable bonds is 5. The summed E-state index contributed by atoms with van der Waals surface area (Å²) in [7, 11) is 0. The largest absolute Gasteiger partial charge is 0.351 e. The van der Waals surface area contributed by atoms with E-state index >= 15 is 0 Å². The molecule has 1 unspecified atom stereocenters. The van der Waals surface area contributed by atoms with E-state index < -0.39 is 0 Å². The summed E-state index contributed by atoms with van der Waals surface area (Å²) >= 11 is 0. The molecule has 0 bridgehead atoms. The molecule has 1 atom stereocenters.